The third-order valence-electron chi connectivity index (χ3n) is 3.68. The van der Waals surface area contributed by atoms with Crippen LogP contribution < -0.4 is 0 Å². The first-order valence-corrected chi connectivity index (χ1v) is 6.76. The summed E-state index contributed by atoms with van der Waals surface area (Å²) in [6.07, 6.45) is 0. The standard InChI is InChI=1S/C17H12O7/c18-12-3-7-1-9(17(23)24)2-10(11(7)6-13(12)19)8-4-14(20)16(22)15(21)5-8/h1-6,18-22H,(H,23,24). The van der Waals surface area contributed by atoms with E-state index >= 15 is 0 Å². The highest BCUT2D eigenvalue weighted by atomic mass is 16.4. The largest absolute Gasteiger partial charge is 0.504 e. The zero-order chi connectivity index (χ0) is 17.6. The lowest BCUT2D eigenvalue weighted by Crippen LogP contribution is -1.97. The van der Waals surface area contributed by atoms with Gasteiger partial charge >= 0.3 is 5.97 Å². The van der Waals surface area contributed by atoms with Crippen molar-refractivity contribution < 1.29 is 35.4 Å². The van der Waals surface area contributed by atoms with Gasteiger partial charge in [0.25, 0.3) is 0 Å². The lowest BCUT2D eigenvalue weighted by molar-refractivity contribution is 0.0697. The third kappa shape index (κ3) is 2.38. The Morgan fingerprint density at radius 3 is 1.88 bits per heavy atom. The van der Waals surface area contributed by atoms with Crippen LogP contribution in [0.15, 0.2) is 36.4 Å². The third-order valence-corrected chi connectivity index (χ3v) is 3.68. The van der Waals surface area contributed by atoms with Crippen molar-refractivity contribution in [2.75, 3.05) is 0 Å². The number of phenols is 5. The van der Waals surface area contributed by atoms with E-state index in [-0.39, 0.29) is 16.7 Å². The second-order valence-corrected chi connectivity index (χ2v) is 5.25. The SMILES string of the molecule is O=C(O)c1cc(-c2cc(O)c(O)c(O)c2)c2cc(O)c(O)cc2c1. The van der Waals surface area contributed by atoms with E-state index in [0.29, 0.717) is 10.8 Å². The molecular weight excluding hydrogens is 316 g/mol. The van der Waals surface area contributed by atoms with Gasteiger partial charge in [-0.05, 0) is 58.3 Å². The summed E-state index contributed by atoms with van der Waals surface area (Å²) >= 11 is 0. The molecule has 0 unspecified atom stereocenters. The molecule has 24 heavy (non-hydrogen) atoms. The fourth-order valence-electron chi connectivity index (χ4n) is 2.51. The molecule has 0 heterocycles. The lowest BCUT2D eigenvalue weighted by Gasteiger charge is -2.12. The zero-order valence-electron chi connectivity index (χ0n) is 12.1. The molecule has 0 fully saturated rings. The Labute approximate surface area is 134 Å². The molecule has 3 aromatic rings. The van der Waals surface area contributed by atoms with Gasteiger partial charge in [0, 0.05) is 0 Å². The number of fused-ring (bicyclic) bond motifs is 1. The summed E-state index contributed by atoms with van der Waals surface area (Å²) in [5.74, 6) is -3.88. The minimum Gasteiger partial charge on any atom is -0.504 e. The highest BCUT2D eigenvalue weighted by molar-refractivity contribution is 6.04. The van der Waals surface area contributed by atoms with Crippen LogP contribution in [0.2, 0.25) is 0 Å². The van der Waals surface area contributed by atoms with Crippen LogP contribution in [0.3, 0.4) is 0 Å². The number of hydrogen-bond donors (Lipinski definition) is 6. The molecule has 3 aromatic carbocycles. The number of carboxylic acid groups (broad SMARTS) is 1. The van der Waals surface area contributed by atoms with E-state index in [1.54, 1.807) is 0 Å². The van der Waals surface area contributed by atoms with Crippen LogP contribution in [-0.2, 0) is 0 Å². The molecule has 0 aliphatic rings. The number of rotatable bonds is 2. The smallest absolute Gasteiger partial charge is 0.335 e. The van der Waals surface area contributed by atoms with E-state index in [4.69, 9.17) is 0 Å². The van der Waals surface area contributed by atoms with Crippen molar-refractivity contribution in [1.29, 1.82) is 0 Å². The maximum Gasteiger partial charge on any atom is 0.335 e. The average molecular weight is 328 g/mol. The van der Waals surface area contributed by atoms with Crippen molar-refractivity contribution >= 4 is 16.7 Å². The van der Waals surface area contributed by atoms with E-state index in [0.717, 1.165) is 12.1 Å². The lowest BCUT2D eigenvalue weighted by atomic mass is 9.94. The van der Waals surface area contributed by atoms with Gasteiger partial charge in [-0.1, -0.05) is 0 Å². The van der Waals surface area contributed by atoms with Crippen molar-refractivity contribution in [1.82, 2.24) is 0 Å². The van der Waals surface area contributed by atoms with Crippen LogP contribution in [0, 0.1) is 0 Å². The Kier molecular flexibility index (Phi) is 3.34. The molecule has 0 amide bonds. The summed E-state index contributed by atoms with van der Waals surface area (Å²) in [4.78, 5) is 11.3. The van der Waals surface area contributed by atoms with Crippen molar-refractivity contribution in [2.45, 2.75) is 0 Å². The van der Waals surface area contributed by atoms with Gasteiger partial charge in [0.05, 0.1) is 5.56 Å². The first-order valence-electron chi connectivity index (χ1n) is 6.76. The topological polar surface area (TPSA) is 138 Å². The molecule has 6 N–H and O–H groups in total. The van der Waals surface area contributed by atoms with Crippen LogP contribution >= 0.6 is 0 Å². The Morgan fingerprint density at radius 2 is 1.29 bits per heavy atom. The van der Waals surface area contributed by atoms with E-state index in [2.05, 4.69) is 0 Å². The van der Waals surface area contributed by atoms with E-state index in [1.165, 1.54) is 24.3 Å². The number of phenolic OH excluding ortho intramolecular Hbond substituents is 5. The number of carbonyl (C=O) groups is 1. The molecule has 0 aliphatic heterocycles. The molecule has 0 radical (unpaired) electrons. The quantitative estimate of drug-likeness (QED) is 0.398. The predicted octanol–water partition coefficient (Wildman–Crippen LogP) is 2.73. The summed E-state index contributed by atoms with van der Waals surface area (Å²) in [7, 11) is 0. The minimum atomic E-state index is -1.21. The average Bonchev–Trinajstić information content (AvgIpc) is 2.52. The Hall–Kier alpha value is -3.61. The molecule has 122 valence electrons. The highest BCUT2D eigenvalue weighted by Crippen LogP contribution is 2.42. The van der Waals surface area contributed by atoms with Crippen LogP contribution in [0.1, 0.15) is 10.4 Å². The summed E-state index contributed by atoms with van der Waals surface area (Å²) < 4.78 is 0. The molecule has 0 bridgehead atoms. The first-order chi connectivity index (χ1) is 11.3. The first kappa shape index (κ1) is 15.3. The fraction of sp³-hybridized carbons (Fsp3) is 0. The predicted molar refractivity (Wildman–Crippen MR) is 84.7 cm³/mol. The van der Waals surface area contributed by atoms with E-state index in [9.17, 15) is 35.4 Å². The maximum atomic E-state index is 11.3. The van der Waals surface area contributed by atoms with Crippen LogP contribution in [0.4, 0.5) is 0 Å². The number of hydrogen-bond acceptors (Lipinski definition) is 6. The number of benzene rings is 3. The normalized spacial score (nSPS) is 10.8. The zero-order valence-corrected chi connectivity index (χ0v) is 12.1. The van der Waals surface area contributed by atoms with Gasteiger partial charge in [-0.25, -0.2) is 4.79 Å². The maximum absolute atomic E-state index is 11.3. The van der Waals surface area contributed by atoms with Crippen molar-refractivity contribution in [2.24, 2.45) is 0 Å². The van der Waals surface area contributed by atoms with Gasteiger partial charge in [0.2, 0.25) is 0 Å². The number of aromatic carboxylic acids is 1. The Balaban J connectivity index is 2.41. The van der Waals surface area contributed by atoms with Crippen LogP contribution in [0.5, 0.6) is 28.7 Å². The monoisotopic (exact) mass is 328 g/mol. The Bertz CT molecular complexity index is 969. The molecule has 0 atom stereocenters. The summed E-state index contributed by atoms with van der Waals surface area (Å²) in [6, 6.07) is 7.37. The van der Waals surface area contributed by atoms with Crippen molar-refractivity contribution in [3.63, 3.8) is 0 Å². The minimum absolute atomic E-state index is 0.0883. The highest BCUT2D eigenvalue weighted by Gasteiger charge is 2.16. The van der Waals surface area contributed by atoms with Crippen LogP contribution in [-0.4, -0.2) is 36.6 Å². The molecule has 0 saturated carbocycles. The van der Waals surface area contributed by atoms with Gasteiger partial charge < -0.3 is 30.6 Å². The molecule has 7 nitrogen and oxygen atoms in total. The molecule has 0 aromatic heterocycles. The van der Waals surface area contributed by atoms with E-state index < -0.39 is 34.7 Å². The molecule has 0 spiro atoms. The summed E-state index contributed by atoms with van der Waals surface area (Å²) in [6.45, 7) is 0. The van der Waals surface area contributed by atoms with E-state index in [1.807, 2.05) is 0 Å². The second kappa shape index (κ2) is 5.24. The summed E-state index contributed by atoms with van der Waals surface area (Å²) in [5, 5.41) is 58.1. The van der Waals surface area contributed by atoms with Gasteiger partial charge in [0.15, 0.2) is 28.7 Å². The molecular formula is C17H12O7. The van der Waals surface area contributed by atoms with Gasteiger partial charge in [-0.3, -0.25) is 0 Å². The molecule has 7 heteroatoms. The fourth-order valence-corrected chi connectivity index (χ4v) is 2.51. The van der Waals surface area contributed by atoms with Gasteiger partial charge in [-0.15, -0.1) is 0 Å². The van der Waals surface area contributed by atoms with Gasteiger partial charge in [-0.2, -0.15) is 0 Å². The van der Waals surface area contributed by atoms with Crippen molar-refractivity contribution in [3.8, 4) is 39.9 Å². The van der Waals surface area contributed by atoms with Crippen LogP contribution in [0.25, 0.3) is 21.9 Å². The molecule has 3 rings (SSSR count). The van der Waals surface area contributed by atoms with Crippen molar-refractivity contribution in [3.05, 3.63) is 42.0 Å². The van der Waals surface area contributed by atoms with Gasteiger partial charge in [0.1, 0.15) is 0 Å². The molecule has 0 saturated heterocycles. The summed E-state index contributed by atoms with van der Waals surface area (Å²) in [5.41, 5.74) is 0.418. The number of carboxylic acids is 1. The molecule has 0 aliphatic carbocycles. The second-order valence-electron chi connectivity index (χ2n) is 5.25. The Morgan fingerprint density at radius 1 is 0.708 bits per heavy atom. The number of aromatic hydroxyl groups is 5.